The Morgan fingerprint density at radius 2 is 2.05 bits per heavy atom. The van der Waals surface area contributed by atoms with Gasteiger partial charge in [-0.1, -0.05) is 36.2 Å². The number of nitrogens with one attached hydrogen (secondary N) is 2. The van der Waals surface area contributed by atoms with Crippen molar-refractivity contribution < 1.29 is 4.79 Å². The quantitative estimate of drug-likeness (QED) is 0.872. The highest BCUT2D eigenvalue weighted by Crippen LogP contribution is 2.23. The maximum atomic E-state index is 12.2. The molecule has 1 saturated heterocycles. The molecule has 2 N–H and O–H groups in total. The number of rotatable bonds is 4. The van der Waals surface area contributed by atoms with Gasteiger partial charge < -0.3 is 10.6 Å². The zero-order valence-corrected chi connectivity index (χ0v) is 14.3. The molecule has 1 atom stereocenters. The molecule has 0 saturated carbocycles. The van der Waals surface area contributed by atoms with Gasteiger partial charge in [0.05, 0.1) is 0 Å². The van der Waals surface area contributed by atoms with Gasteiger partial charge in [0.25, 0.3) is 0 Å². The van der Waals surface area contributed by atoms with Crippen molar-refractivity contribution in [3.63, 3.8) is 0 Å². The molecule has 1 unspecified atom stereocenters. The van der Waals surface area contributed by atoms with Gasteiger partial charge in [0.15, 0.2) is 0 Å². The predicted octanol–water partition coefficient (Wildman–Crippen LogP) is 3.46. The van der Waals surface area contributed by atoms with Gasteiger partial charge in [0.1, 0.15) is 0 Å². The highest BCUT2D eigenvalue weighted by molar-refractivity contribution is 6.35. The van der Waals surface area contributed by atoms with Crippen molar-refractivity contribution in [3.05, 3.63) is 33.8 Å². The van der Waals surface area contributed by atoms with Crippen LogP contribution in [-0.2, 0) is 11.2 Å². The molecule has 21 heavy (non-hydrogen) atoms. The maximum Gasteiger partial charge on any atom is 0.223 e. The third-order valence-corrected chi connectivity index (χ3v) is 4.26. The van der Waals surface area contributed by atoms with Crippen molar-refractivity contribution in [2.75, 3.05) is 13.1 Å². The Morgan fingerprint density at radius 3 is 2.67 bits per heavy atom. The number of amides is 1. The van der Waals surface area contributed by atoms with E-state index < -0.39 is 0 Å². The van der Waals surface area contributed by atoms with Gasteiger partial charge in [0, 0.05) is 22.0 Å². The van der Waals surface area contributed by atoms with Gasteiger partial charge in [-0.05, 0) is 50.0 Å². The second kappa shape index (κ2) is 8.84. The van der Waals surface area contributed by atoms with Gasteiger partial charge >= 0.3 is 0 Å². The minimum Gasteiger partial charge on any atom is -0.353 e. The molecule has 1 aromatic rings. The molecule has 0 aromatic heterocycles. The summed E-state index contributed by atoms with van der Waals surface area (Å²) in [6.45, 7) is 3.88. The Labute approximate surface area is 142 Å². The first kappa shape index (κ1) is 18.6. The minimum absolute atomic E-state index is 0. The highest BCUT2D eigenvalue weighted by atomic mass is 35.5. The van der Waals surface area contributed by atoms with Crippen LogP contribution in [0.2, 0.25) is 10.0 Å². The van der Waals surface area contributed by atoms with E-state index in [1.165, 1.54) is 0 Å². The zero-order chi connectivity index (χ0) is 14.5. The van der Waals surface area contributed by atoms with E-state index in [0.29, 0.717) is 22.5 Å². The zero-order valence-electron chi connectivity index (χ0n) is 12.0. The summed E-state index contributed by atoms with van der Waals surface area (Å²) in [4.78, 5) is 12.2. The molecule has 0 bridgehead atoms. The lowest BCUT2D eigenvalue weighted by Gasteiger charge is -2.25. The molecule has 1 heterocycles. The molecular weight excluding hydrogens is 331 g/mol. The third kappa shape index (κ3) is 5.67. The second-order valence-electron chi connectivity index (χ2n) is 5.37. The average molecular weight is 352 g/mol. The molecule has 3 nitrogen and oxygen atoms in total. The van der Waals surface area contributed by atoms with Gasteiger partial charge in [-0.3, -0.25) is 4.79 Å². The number of piperidine rings is 1. The fourth-order valence-electron chi connectivity index (χ4n) is 2.42. The number of carbonyl (C=O) groups is 1. The van der Waals surface area contributed by atoms with E-state index in [0.717, 1.165) is 31.5 Å². The Kier molecular flexibility index (Phi) is 7.82. The summed E-state index contributed by atoms with van der Waals surface area (Å²) in [5.41, 5.74) is 0.962. The Balaban J connectivity index is 0.00000220. The molecule has 1 amide bonds. The lowest BCUT2D eigenvalue weighted by molar-refractivity contribution is -0.125. The molecule has 2 rings (SSSR count). The van der Waals surface area contributed by atoms with E-state index in [9.17, 15) is 4.79 Å². The topological polar surface area (TPSA) is 41.1 Å². The SMILES string of the molecule is CC(Cc1ccc(Cl)cc1Cl)C(=O)NC1CCNCC1.Cl. The van der Waals surface area contributed by atoms with Gasteiger partial charge in [0.2, 0.25) is 5.91 Å². The molecule has 1 aliphatic rings. The summed E-state index contributed by atoms with van der Waals surface area (Å²) < 4.78 is 0. The molecule has 6 heteroatoms. The van der Waals surface area contributed by atoms with Crippen molar-refractivity contribution in [2.24, 2.45) is 5.92 Å². The van der Waals surface area contributed by atoms with Crippen molar-refractivity contribution in [1.29, 1.82) is 0 Å². The van der Waals surface area contributed by atoms with E-state index >= 15 is 0 Å². The summed E-state index contributed by atoms with van der Waals surface area (Å²) in [5.74, 6) is 0.00600. The minimum atomic E-state index is -0.0939. The molecule has 1 aromatic carbocycles. The molecule has 118 valence electrons. The van der Waals surface area contributed by atoms with E-state index in [2.05, 4.69) is 10.6 Å². The van der Waals surface area contributed by atoms with Gasteiger partial charge in [-0.25, -0.2) is 0 Å². The third-order valence-electron chi connectivity index (χ3n) is 3.67. The summed E-state index contributed by atoms with van der Waals surface area (Å²) in [7, 11) is 0. The maximum absolute atomic E-state index is 12.2. The van der Waals surface area contributed by atoms with E-state index in [1.54, 1.807) is 12.1 Å². The van der Waals surface area contributed by atoms with Crippen LogP contribution in [0.1, 0.15) is 25.3 Å². The van der Waals surface area contributed by atoms with Crippen LogP contribution in [0.4, 0.5) is 0 Å². The monoisotopic (exact) mass is 350 g/mol. The van der Waals surface area contributed by atoms with E-state index in [1.807, 2.05) is 13.0 Å². The van der Waals surface area contributed by atoms with Crippen LogP contribution in [0.5, 0.6) is 0 Å². The second-order valence-corrected chi connectivity index (χ2v) is 6.22. The molecular formula is C15H21Cl3N2O. The van der Waals surface area contributed by atoms with Crippen LogP contribution >= 0.6 is 35.6 Å². The van der Waals surface area contributed by atoms with Gasteiger partial charge in [-0.2, -0.15) is 0 Å². The van der Waals surface area contributed by atoms with Gasteiger partial charge in [-0.15, -0.1) is 12.4 Å². The van der Waals surface area contributed by atoms with Crippen molar-refractivity contribution in [3.8, 4) is 0 Å². The molecule has 0 spiro atoms. The lowest BCUT2D eigenvalue weighted by atomic mass is 9.99. The highest BCUT2D eigenvalue weighted by Gasteiger charge is 2.20. The standard InChI is InChI=1S/C15H20Cl2N2O.ClH/c1-10(8-11-2-3-12(16)9-14(11)17)15(20)19-13-4-6-18-7-5-13;/h2-3,9-10,13,18H,4-8H2,1H3,(H,19,20);1H. The first-order chi connectivity index (χ1) is 9.56. The van der Waals surface area contributed by atoms with Crippen molar-refractivity contribution >= 4 is 41.5 Å². The summed E-state index contributed by atoms with van der Waals surface area (Å²) in [6, 6.07) is 5.71. The number of benzene rings is 1. The molecule has 1 fully saturated rings. The molecule has 0 aliphatic carbocycles. The largest absolute Gasteiger partial charge is 0.353 e. The number of hydrogen-bond donors (Lipinski definition) is 2. The summed E-state index contributed by atoms with van der Waals surface area (Å²) in [6.07, 6.45) is 2.63. The van der Waals surface area contributed by atoms with Crippen LogP contribution in [0.3, 0.4) is 0 Å². The Morgan fingerprint density at radius 1 is 1.38 bits per heavy atom. The summed E-state index contributed by atoms with van der Waals surface area (Å²) >= 11 is 12.0. The fraction of sp³-hybridized carbons (Fsp3) is 0.533. The number of halogens is 3. The predicted molar refractivity (Wildman–Crippen MR) is 90.6 cm³/mol. The fourth-order valence-corrected chi connectivity index (χ4v) is 2.91. The number of hydrogen-bond acceptors (Lipinski definition) is 2. The smallest absolute Gasteiger partial charge is 0.223 e. The van der Waals surface area contributed by atoms with E-state index in [4.69, 9.17) is 23.2 Å². The van der Waals surface area contributed by atoms with Crippen LogP contribution in [0.25, 0.3) is 0 Å². The van der Waals surface area contributed by atoms with Crippen LogP contribution in [0.15, 0.2) is 18.2 Å². The van der Waals surface area contributed by atoms with Crippen molar-refractivity contribution in [2.45, 2.75) is 32.2 Å². The lowest BCUT2D eigenvalue weighted by Crippen LogP contribution is -2.44. The first-order valence-electron chi connectivity index (χ1n) is 7.01. The Hall–Kier alpha value is -0.480. The van der Waals surface area contributed by atoms with Crippen LogP contribution in [0, 0.1) is 5.92 Å². The average Bonchev–Trinajstić information content (AvgIpc) is 2.43. The van der Waals surface area contributed by atoms with E-state index in [-0.39, 0.29) is 24.2 Å². The van der Waals surface area contributed by atoms with Crippen molar-refractivity contribution in [1.82, 2.24) is 10.6 Å². The molecule has 0 radical (unpaired) electrons. The first-order valence-corrected chi connectivity index (χ1v) is 7.77. The summed E-state index contributed by atoms with van der Waals surface area (Å²) in [5, 5.41) is 7.65. The normalized spacial score (nSPS) is 16.9. The number of carbonyl (C=O) groups excluding carboxylic acids is 1. The Bertz CT molecular complexity index is 476. The molecule has 1 aliphatic heterocycles. The van der Waals surface area contributed by atoms with Crippen LogP contribution < -0.4 is 10.6 Å². The van der Waals surface area contributed by atoms with Crippen LogP contribution in [-0.4, -0.2) is 25.0 Å².